The Morgan fingerprint density at radius 3 is 2.47 bits per heavy atom. The number of hydrogen-bond donors (Lipinski definition) is 1. The lowest BCUT2D eigenvalue weighted by molar-refractivity contribution is 0.491. The lowest BCUT2D eigenvalue weighted by Crippen LogP contribution is -2.05. The summed E-state index contributed by atoms with van der Waals surface area (Å²) >= 11 is 1.58. The normalized spacial score (nSPS) is 11.3. The Bertz CT molecular complexity index is 581. The van der Waals surface area contributed by atoms with Crippen LogP contribution in [0.5, 0.6) is 0 Å². The van der Waals surface area contributed by atoms with Crippen molar-refractivity contribution in [3.8, 4) is 0 Å². The molecule has 0 atom stereocenters. The summed E-state index contributed by atoms with van der Waals surface area (Å²) in [5, 5.41) is 6.43. The number of nitrogen functional groups attached to an aromatic ring is 1. The number of pyridine rings is 1. The van der Waals surface area contributed by atoms with Crippen LogP contribution in [-0.2, 0) is 0 Å². The topological polar surface area (TPSA) is 56.7 Å². The van der Waals surface area contributed by atoms with E-state index in [4.69, 9.17) is 5.73 Å². The van der Waals surface area contributed by atoms with Gasteiger partial charge >= 0.3 is 0 Å². The summed E-state index contributed by atoms with van der Waals surface area (Å²) in [4.78, 5) is 4.55. The molecule has 0 amide bonds. The summed E-state index contributed by atoms with van der Waals surface area (Å²) in [5.41, 5.74) is 9.99. The van der Waals surface area contributed by atoms with E-state index in [1.165, 1.54) is 5.56 Å². The van der Waals surface area contributed by atoms with Crippen molar-refractivity contribution in [1.82, 2.24) is 14.8 Å². The predicted octanol–water partition coefficient (Wildman–Crippen LogP) is 3.52. The molecule has 0 fully saturated rings. The molecule has 2 N–H and O–H groups in total. The lowest BCUT2D eigenvalue weighted by Gasteiger charge is -2.11. The summed E-state index contributed by atoms with van der Waals surface area (Å²) in [5.74, 6) is 0. The Morgan fingerprint density at radius 1 is 1.21 bits per heavy atom. The van der Waals surface area contributed by atoms with Gasteiger partial charge in [0.25, 0.3) is 0 Å². The first kappa shape index (κ1) is 13.9. The highest BCUT2D eigenvalue weighted by molar-refractivity contribution is 7.99. The van der Waals surface area contributed by atoms with Crippen molar-refractivity contribution < 1.29 is 0 Å². The van der Waals surface area contributed by atoms with Crippen LogP contribution in [-0.4, -0.2) is 14.8 Å². The number of nitrogens with zero attached hydrogens (tertiary/aromatic N) is 3. The number of hydrogen-bond acceptors (Lipinski definition) is 4. The SMILES string of the molecule is Cc1cc(C)nc(Sc2c(N)c(C)nn2C(C)C)c1. The van der Waals surface area contributed by atoms with Crippen molar-refractivity contribution in [2.45, 2.75) is 50.7 Å². The first-order chi connectivity index (χ1) is 8.88. The van der Waals surface area contributed by atoms with E-state index in [9.17, 15) is 0 Å². The molecule has 2 rings (SSSR count). The van der Waals surface area contributed by atoms with Crippen molar-refractivity contribution in [2.24, 2.45) is 0 Å². The molecule has 0 aliphatic carbocycles. The molecule has 0 saturated heterocycles. The maximum absolute atomic E-state index is 6.13. The van der Waals surface area contributed by atoms with Gasteiger partial charge in [-0.05, 0) is 64.1 Å². The minimum absolute atomic E-state index is 0.282. The molecule has 0 unspecified atom stereocenters. The third kappa shape index (κ3) is 2.92. The molecule has 0 aromatic carbocycles. The van der Waals surface area contributed by atoms with Crippen molar-refractivity contribution in [2.75, 3.05) is 5.73 Å². The molecule has 102 valence electrons. The molecule has 5 heteroatoms. The molecule has 0 spiro atoms. The quantitative estimate of drug-likeness (QED) is 0.932. The van der Waals surface area contributed by atoms with Gasteiger partial charge in [0, 0.05) is 11.7 Å². The van der Waals surface area contributed by atoms with E-state index in [2.05, 4.69) is 43.0 Å². The van der Waals surface area contributed by atoms with Gasteiger partial charge in [0.1, 0.15) is 10.1 Å². The lowest BCUT2D eigenvalue weighted by atomic mass is 10.3. The van der Waals surface area contributed by atoms with Gasteiger partial charge in [-0.3, -0.25) is 4.68 Å². The average Bonchev–Trinajstić information content (AvgIpc) is 2.56. The van der Waals surface area contributed by atoms with Crippen LogP contribution in [0.1, 0.15) is 36.8 Å². The molecule has 0 aliphatic rings. The summed E-state index contributed by atoms with van der Waals surface area (Å²) in [6.45, 7) is 10.2. The molecule has 2 aromatic heterocycles. The molecule has 2 heterocycles. The van der Waals surface area contributed by atoms with Gasteiger partial charge in [-0.2, -0.15) is 5.10 Å². The molecule has 2 aromatic rings. The van der Waals surface area contributed by atoms with E-state index in [0.717, 1.165) is 27.1 Å². The third-order valence-corrected chi connectivity index (χ3v) is 3.87. The first-order valence-electron chi connectivity index (χ1n) is 6.36. The van der Waals surface area contributed by atoms with Gasteiger partial charge in [-0.15, -0.1) is 0 Å². The van der Waals surface area contributed by atoms with Crippen molar-refractivity contribution in [1.29, 1.82) is 0 Å². The fourth-order valence-corrected chi connectivity index (χ4v) is 3.18. The standard InChI is InChI=1S/C14H20N4S/c1-8(2)18-14(13(15)11(5)17-18)19-12-7-9(3)6-10(4)16-12/h6-8H,15H2,1-5H3. The summed E-state index contributed by atoms with van der Waals surface area (Å²) in [7, 11) is 0. The van der Waals surface area contributed by atoms with E-state index >= 15 is 0 Å². The second-order valence-corrected chi connectivity index (χ2v) is 6.08. The molecular formula is C14H20N4S. The maximum Gasteiger partial charge on any atom is 0.124 e. The van der Waals surface area contributed by atoms with Crippen LogP contribution in [0.4, 0.5) is 5.69 Å². The van der Waals surface area contributed by atoms with Crippen LogP contribution < -0.4 is 5.73 Å². The van der Waals surface area contributed by atoms with Gasteiger partial charge in [0.05, 0.1) is 11.4 Å². The molecule has 0 radical (unpaired) electrons. The Labute approximate surface area is 118 Å². The van der Waals surface area contributed by atoms with Gasteiger partial charge < -0.3 is 5.73 Å². The highest BCUT2D eigenvalue weighted by atomic mass is 32.2. The van der Waals surface area contributed by atoms with E-state index in [0.29, 0.717) is 0 Å². The van der Waals surface area contributed by atoms with Crippen LogP contribution >= 0.6 is 11.8 Å². The number of aromatic nitrogens is 3. The van der Waals surface area contributed by atoms with Gasteiger partial charge in [-0.1, -0.05) is 0 Å². The number of nitrogens with two attached hydrogens (primary N) is 1. The van der Waals surface area contributed by atoms with Crippen LogP contribution in [0.25, 0.3) is 0 Å². The van der Waals surface area contributed by atoms with Crippen LogP contribution in [0.3, 0.4) is 0 Å². The summed E-state index contributed by atoms with van der Waals surface area (Å²) in [6.07, 6.45) is 0. The monoisotopic (exact) mass is 276 g/mol. The largest absolute Gasteiger partial charge is 0.395 e. The van der Waals surface area contributed by atoms with Gasteiger partial charge in [0.2, 0.25) is 0 Å². The number of rotatable bonds is 3. The zero-order valence-electron chi connectivity index (χ0n) is 12.1. The van der Waals surface area contributed by atoms with Crippen LogP contribution in [0.2, 0.25) is 0 Å². The van der Waals surface area contributed by atoms with E-state index in [-0.39, 0.29) is 6.04 Å². The first-order valence-corrected chi connectivity index (χ1v) is 7.18. The second-order valence-electron chi connectivity index (χ2n) is 5.07. The molecule has 19 heavy (non-hydrogen) atoms. The minimum atomic E-state index is 0.282. The highest BCUT2D eigenvalue weighted by Crippen LogP contribution is 2.34. The van der Waals surface area contributed by atoms with Crippen molar-refractivity contribution >= 4 is 17.4 Å². The van der Waals surface area contributed by atoms with E-state index in [1.807, 2.05) is 18.5 Å². The van der Waals surface area contributed by atoms with Gasteiger partial charge in [0.15, 0.2) is 0 Å². The third-order valence-electron chi connectivity index (χ3n) is 2.85. The molecule has 4 nitrogen and oxygen atoms in total. The summed E-state index contributed by atoms with van der Waals surface area (Å²) in [6, 6.07) is 4.42. The maximum atomic E-state index is 6.13. The van der Waals surface area contributed by atoms with Crippen molar-refractivity contribution in [3.63, 3.8) is 0 Å². The zero-order chi connectivity index (χ0) is 14.2. The fourth-order valence-electron chi connectivity index (χ4n) is 1.95. The highest BCUT2D eigenvalue weighted by Gasteiger charge is 2.16. The Morgan fingerprint density at radius 2 is 1.89 bits per heavy atom. The van der Waals surface area contributed by atoms with Gasteiger partial charge in [-0.25, -0.2) is 4.98 Å². The molecule has 0 bridgehead atoms. The Kier molecular flexibility index (Phi) is 3.85. The molecule has 0 aliphatic heterocycles. The average molecular weight is 276 g/mol. The fraction of sp³-hybridized carbons (Fsp3) is 0.429. The number of anilines is 1. The molecular weight excluding hydrogens is 256 g/mol. The predicted molar refractivity (Wildman–Crippen MR) is 79.6 cm³/mol. The van der Waals surface area contributed by atoms with E-state index < -0.39 is 0 Å². The number of aryl methyl sites for hydroxylation is 3. The zero-order valence-corrected chi connectivity index (χ0v) is 12.9. The Hall–Kier alpha value is -1.49. The Balaban J connectivity index is 2.42. The minimum Gasteiger partial charge on any atom is -0.395 e. The van der Waals surface area contributed by atoms with Crippen molar-refractivity contribution in [3.05, 3.63) is 29.1 Å². The smallest absolute Gasteiger partial charge is 0.124 e. The second kappa shape index (κ2) is 5.25. The summed E-state index contributed by atoms with van der Waals surface area (Å²) < 4.78 is 1.97. The molecule has 0 saturated carbocycles. The van der Waals surface area contributed by atoms with Crippen LogP contribution in [0, 0.1) is 20.8 Å². The van der Waals surface area contributed by atoms with E-state index in [1.54, 1.807) is 11.8 Å². The van der Waals surface area contributed by atoms with Crippen LogP contribution in [0.15, 0.2) is 22.2 Å².